The number of anilines is 1. The van der Waals surface area contributed by atoms with Gasteiger partial charge < -0.3 is 9.73 Å². The largest absolute Gasteiger partial charge is 0.446 e. The molecule has 10 heteroatoms. The smallest absolute Gasteiger partial charge is 0.234 e. The molecule has 1 N–H and O–H groups in total. The summed E-state index contributed by atoms with van der Waals surface area (Å²) in [6.07, 6.45) is 0. The fourth-order valence-corrected chi connectivity index (χ4v) is 5.87. The number of carbonyl (C=O) groups excluding carboxylic acids is 1. The summed E-state index contributed by atoms with van der Waals surface area (Å²) < 4.78 is 9.41. The SMILES string of the molecule is Cc1ccc2nc(-c3ccc(NC(=O)CSc4nnc(-c5ccc(Br)o5)n4C(C)C)cc3)sc2c1. The molecule has 0 bridgehead atoms. The Balaban J connectivity index is 1.24. The quantitative estimate of drug-likeness (QED) is 0.209. The maximum atomic E-state index is 12.6. The van der Waals surface area contributed by atoms with Crippen LogP contribution in [0.15, 0.2) is 68.8 Å². The third-order valence-electron chi connectivity index (χ3n) is 5.27. The third-order valence-corrected chi connectivity index (χ3v) is 7.70. The summed E-state index contributed by atoms with van der Waals surface area (Å²) in [6, 6.07) is 17.8. The van der Waals surface area contributed by atoms with Gasteiger partial charge in [0, 0.05) is 17.3 Å². The molecule has 0 atom stereocenters. The Hall–Kier alpha value is -2.95. The van der Waals surface area contributed by atoms with Gasteiger partial charge in [-0.3, -0.25) is 9.36 Å². The van der Waals surface area contributed by atoms with Gasteiger partial charge in [-0.15, -0.1) is 21.5 Å². The van der Waals surface area contributed by atoms with Crippen LogP contribution in [-0.2, 0) is 4.79 Å². The van der Waals surface area contributed by atoms with Crippen LogP contribution in [-0.4, -0.2) is 31.4 Å². The zero-order valence-electron chi connectivity index (χ0n) is 19.3. The Kier molecular flexibility index (Phi) is 6.77. The highest BCUT2D eigenvalue weighted by Gasteiger charge is 2.20. The summed E-state index contributed by atoms with van der Waals surface area (Å²) in [4.78, 5) is 17.4. The van der Waals surface area contributed by atoms with Crippen LogP contribution in [0.5, 0.6) is 0 Å². The highest BCUT2D eigenvalue weighted by atomic mass is 79.9. The lowest BCUT2D eigenvalue weighted by atomic mass is 10.2. The second kappa shape index (κ2) is 9.96. The van der Waals surface area contributed by atoms with E-state index in [0.717, 1.165) is 21.8 Å². The number of aryl methyl sites for hydroxylation is 1. The standard InChI is InChI=1S/C25H22BrN5O2S2/c1-14(2)31-23(19-10-11-21(26)33-19)29-30-25(31)34-13-22(32)27-17-7-5-16(6-8-17)24-28-18-9-4-15(3)12-20(18)35-24/h4-12,14H,13H2,1-3H3,(H,27,32). The number of aromatic nitrogens is 4. The molecule has 35 heavy (non-hydrogen) atoms. The number of nitrogens with zero attached hydrogens (tertiary/aromatic N) is 4. The van der Waals surface area contributed by atoms with E-state index >= 15 is 0 Å². The van der Waals surface area contributed by atoms with Gasteiger partial charge in [-0.2, -0.15) is 0 Å². The van der Waals surface area contributed by atoms with Crippen molar-refractivity contribution in [3.63, 3.8) is 0 Å². The van der Waals surface area contributed by atoms with Crippen LogP contribution in [0.3, 0.4) is 0 Å². The predicted molar refractivity (Wildman–Crippen MR) is 145 cm³/mol. The van der Waals surface area contributed by atoms with Crippen LogP contribution in [0.1, 0.15) is 25.5 Å². The number of rotatable bonds is 7. The van der Waals surface area contributed by atoms with E-state index in [0.29, 0.717) is 21.4 Å². The lowest BCUT2D eigenvalue weighted by molar-refractivity contribution is -0.113. The van der Waals surface area contributed by atoms with Crippen LogP contribution in [0.25, 0.3) is 32.4 Å². The molecule has 7 nitrogen and oxygen atoms in total. The second-order valence-corrected chi connectivity index (χ2v) is 11.0. The van der Waals surface area contributed by atoms with Crippen LogP contribution in [0.4, 0.5) is 5.69 Å². The molecule has 0 spiro atoms. The zero-order valence-corrected chi connectivity index (χ0v) is 22.5. The van der Waals surface area contributed by atoms with E-state index in [4.69, 9.17) is 9.40 Å². The minimum atomic E-state index is -0.112. The van der Waals surface area contributed by atoms with E-state index < -0.39 is 0 Å². The second-order valence-electron chi connectivity index (χ2n) is 8.28. The molecule has 0 unspecified atom stereocenters. The van der Waals surface area contributed by atoms with E-state index in [1.165, 1.54) is 22.0 Å². The van der Waals surface area contributed by atoms with Gasteiger partial charge in [-0.05, 0) is 90.8 Å². The monoisotopic (exact) mass is 567 g/mol. The average molecular weight is 569 g/mol. The lowest BCUT2D eigenvalue weighted by Crippen LogP contribution is -2.15. The van der Waals surface area contributed by atoms with Gasteiger partial charge in [0.15, 0.2) is 15.6 Å². The molecule has 0 saturated carbocycles. The molecule has 5 aromatic rings. The number of amides is 1. The van der Waals surface area contributed by atoms with E-state index in [9.17, 15) is 4.79 Å². The number of fused-ring (bicyclic) bond motifs is 1. The fraction of sp³-hybridized carbons (Fsp3) is 0.200. The van der Waals surface area contributed by atoms with Crippen molar-refractivity contribution >= 4 is 60.8 Å². The number of nitrogens with one attached hydrogen (secondary N) is 1. The van der Waals surface area contributed by atoms with Gasteiger partial charge in [0.2, 0.25) is 11.7 Å². The summed E-state index contributed by atoms with van der Waals surface area (Å²) in [5.74, 6) is 1.36. The average Bonchev–Trinajstić information content (AvgIpc) is 3.55. The van der Waals surface area contributed by atoms with Crippen LogP contribution in [0.2, 0.25) is 0 Å². The van der Waals surface area contributed by atoms with Crippen LogP contribution >= 0.6 is 39.0 Å². The van der Waals surface area contributed by atoms with Crippen molar-refractivity contribution < 1.29 is 9.21 Å². The Morgan fingerprint density at radius 3 is 2.66 bits per heavy atom. The molecule has 0 radical (unpaired) electrons. The van der Waals surface area contributed by atoms with Gasteiger partial charge in [0.05, 0.1) is 16.0 Å². The number of benzene rings is 2. The number of thioether (sulfide) groups is 1. The van der Waals surface area contributed by atoms with Gasteiger partial charge in [-0.25, -0.2) is 4.98 Å². The highest BCUT2D eigenvalue weighted by Crippen LogP contribution is 2.32. The predicted octanol–water partition coefficient (Wildman–Crippen LogP) is 7.20. The minimum Gasteiger partial charge on any atom is -0.446 e. The molecule has 1 amide bonds. The molecule has 2 aromatic carbocycles. The molecule has 3 aromatic heterocycles. The maximum absolute atomic E-state index is 12.6. The summed E-state index contributed by atoms with van der Waals surface area (Å²) in [5, 5.41) is 13.2. The zero-order chi connectivity index (χ0) is 24.5. The van der Waals surface area contributed by atoms with Gasteiger partial charge in [0.1, 0.15) is 5.01 Å². The van der Waals surface area contributed by atoms with Crippen molar-refractivity contribution in [2.45, 2.75) is 32.0 Å². The first kappa shape index (κ1) is 23.8. The van der Waals surface area contributed by atoms with E-state index in [2.05, 4.69) is 50.5 Å². The molecule has 0 aliphatic rings. The fourth-order valence-electron chi connectivity index (χ4n) is 3.62. The molecule has 0 fully saturated rings. The number of halogens is 1. The molecule has 3 heterocycles. The number of hydrogen-bond donors (Lipinski definition) is 1. The van der Waals surface area contributed by atoms with Crippen molar-refractivity contribution in [3.8, 4) is 22.2 Å². The molecule has 5 rings (SSSR count). The topological polar surface area (TPSA) is 85.8 Å². The Morgan fingerprint density at radius 1 is 1.14 bits per heavy atom. The number of thiazole rings is 1. The molecule has 178 valence electrons. The van der Waals surface area contributed by atoms with Crippen molar-refractivity contribution in [1.82, 2.24) is 19.7 Å². The van der Waals surface area contributed by atoms with Gasteiger partial charge in [-0.1, -0.05) is 17.8 Å². The van der Waals surface area contributed by atoms with E-state index in [1.807, 2.05) is 60.9 Å². The third kappa shape index (κ3) is 5.19. The molecule has 0 saturated heterocycles. The van der Waals surface area contributed by atoms with Crippen molar-refractivity contribution in [2.75, 3.05) is 11.1 Å². The van der Waals surface area contributed by atoms with Gasteiger partial charge in [0.25, 0.3) is 0 Å². The molecule has 0 aliphatic heterocycles. The first-order valence-corrected chi connectivity index (χ1v) is 13.6. The van der Waals surface area contributed by atoms with Crippen molar-refractivity contribution in [1.29, 1.82) is 0 Å². The van der Waals surface area contributed by atoms with Crippen LogP contribution < -0.4 is 5.32 Å². The van der Waals surface area contributed by atoms with E-state index in [1.54, 1.807) is 11.3 Å². The summed E-state index contributed by atoms with van der Waals surface area (Å²) in [6.45, 7) is 6.17. The molecular formula is C25H22BrN5O2S2. The summed E-state index contributed by atoms with van der Waals surface area (Å²) in [5.41, 5.74) is 3.99. The van der Waals surface area contributed by atoms with E-state index in [-0.39, 0.29) is 17.7 Å². The molecular weight excluding hydrogens is 546 g/mol. The molecule has 0 aliphatic carbocycles. The number of furan rings is 1. The number of carbonyl (C=O) groups is 1. The number of hydrogen-bond acceptors (Lipinski definition) is 7. The lowest BCUT2D eigenvalue weighted by Gasteiger charge is -2.12. The summed E-state index contributed by atoms with van der Waals surface area (Å²) >= 11 is 6.34. The van der Waals surface area contributed by atoms with Crippen molar-refractivity contribution in [2.24, 2.45) is 0 Å². The Bertz CT molecular complexity index is 1500. The Morgan fingerprint density at radius 2 is 1.94 bits per heavy atom. The van der Waals surface area contributed by atoms with Crippen LogP contribution in [0, 0.1) is 6.92 Å². The first-order chi connectivity index (χ1) is 16.9. The summed E-state index contributed by atoms with van der Waals surface area (Å²) in [7, 11) is 0. The normalized spacial score (nSPS) is 11.5. The minimum absolute atomic E-state index is 0.105. The Labute approximate surface area is 219 Å². The van der Waals surface area contributed by atoms with Crippen molar-refractivity contribution in [3.05, 3.63) is 64.8 Å². The highest BCUT2D eigenvalue weighted by molar-refractivity contribution is 9.10. The first-order valence-electron chi connectivity index (χ1n) is 11.0. The maximum Gasteiger partial charge on any atom is 0.234 e. The van der Waals surface area contributed by atoms with Gasteiger partial charge >= 0.3 is 0 Å².